The number of rotatable bonds is 6. The van der Waals surface area contributed by atoms with Gasteiger partial charge in [-0.05, 0) is 38.2 Å². The second-order valence-corrected chi connectivity index (χ2v) is 5.90. The largest absolute Gasteiger partial charge is 0.310 e. The molecule has 7 nitrogen and oxygen atoms in total. The minimum atomic E-state index is -0.105. The number of carbonyl (C=O) groups excluding carboxylic acids is 1. The Labute approximate surface area is 146 Å². The summed E-state index contributed by atoms with van der Waals surface area (Å²) in [5.74, 6) is 0.463. The van der Waals surface area contributed by atoms with Crippen molar-refractivity contribution in [3.05, 3.63) is 60.2 Å². The van der Waals surface area contributed by atoms with Crippen molar-refractivity contribution in [2.75, 3.05) is 18.9 Å². The molecule has 0 aliphatic rings. The maximum Gasteiger partial charge on any atom is 0.239 e. The predicted octanol–water partition coefficient (Wildman–Crippen LogP) is 2.25. The molecule has 0 unspecified atom stereocenters. The first-order valence-electron chi connectivity index (χ1n) is 7.96. The van der Waals surface area contributed by atoms with Crippen LogP contribution in [0.5, 0.6) is 0 Å². The fourth-order valence-corrected chi connectivity index (χ4v) is 2.58. The number of carbonyl (C=O) groups is 1. The van der Waals surface area contributed by atoms with Gasteiger partial charge < -0.3 is 5.32 Å². The van der Waals surface area contributed by atoms with Crippen LogP contribution in [0, 0.1) is 6.92 Å². The lowest BCUT2D eigenvalue weighted by Gasteiger charge is -2.16. The summed E-state index contributed by atoms with van der Waals surface area (Å²) in [4.78, 5) is 22.5. The Morgan fingerprint density at radius 2 is 2.12 bits per heavy atom. The number of likely N-dealkylation sites (N-methyl/N-ethyl adjacent to an activating group) is 1. The van der Waals surface area contributed by atoms with Gasteiger partial charge in [-0.3, -0.25) is 19.8 Å². The highest BCUT2D eigenvalue weighted by Crippen LogP contribution is 2.20. The number of aryl methyl sites for hydroxylation is 1. The van der Waals surface area contributed by atoms with Gasteiger partial charge in [0.25, 0.3) is 0 Å². The average Bonchev–Trinajstić information content (AvgIpc) is 3.03. The summed E-state index contributed by atoms with van der Waals surface area (Å²) in [5.41, 5.74) is 3.76. The number of aromatic nitrogens is 4. The van der Waals surface area contributed by atoms with E-state index in [0.29, 0.717) is 12.4 Å². The first-order valence-corrected chi connectivity index (χ1v) is 7.96. The molecule has 3 rings (SSSR count). The molecule has 7 heteroatoms. The first kappa shape index (κ1) is 16.8. The van der Waals surface area contributed by atoms with Gasteiger partial charge in [0.2, 0.25) is 5.91 Å². The van der Waals surface area contributed by atoms with Crippen LogP contribution in [0.15, 0.2) is 48.9 Å². The number of H-pyrrole nitrogens is 1. The number of hydrogen-bond donors (Lipinski definition) is 2. The molecular weight excluding hydrogens is 316 g/mol. The second-order valence-electron chi connectivity index (χ2n) is 5.90. The minimum Gasteiger partial charge on any atom is -0.310 e. The molecule has 0 atom stereocenters. The summed E-state index contributed by atoms with van der Waals surface area (Å²) in [5, 5.41) is 9.93. The molecule has 0 aliphatic carbocycles. The Balaban J connectivity index is 1.61. The van der Waals surface area contributed by atoms with E-state index in [1.54, 1.807) is 24.7 Å². The van der Waals surface area contributed by atoms with E-state index in [9.17, 15) is 4.79 Å². The molecule has 0 bridgehead atoms. The van der Waals surface area contributed by atoms with E-state index in [-0.39, 0.29) is 12.5 Å². The molecule has 3 heterocycles. The number of pyridine rings is 2. The van der Waals surface area contributed by atoms with Gasteiger partial charge in [0, 0.05) is 35.8 Å². The third kappa shape index (κ3) is 4.48. The minimum absolute atomic E-state index is 0.105. The topological polar surface area (TPSA) is 86.8 Å². The van der Waals surface area contributed by atoms with Crippen LogP contribution in [-0.4, -0.2) is 44.6 Å². The second kappa shape index (κ2) is 7.67. The maximum absolute atomic E-state index is 12.2. The van der Waals surface area contributed by atoms with Gasteiger partial charge in [-0.2, -0.15) is 5.10 Å². The lowest BCUT2D eigenvalue weighted by molar-refractivity contribution is -0.117. The van der Waals surface area contributed by atoms with Gasteiger partial charge in [-0.25, -0.2) is 4.98 Å². The van der Waals surface area contributed by atoms with Crippen molar-refractivity contribution in [3.63, 3.8) is 0 Å². The van der Waals surface area contributed by atoms with Crippen molar-refractivity contribution in [2.24, 2.45) is 0 Å². The summed E-state index contributed by atoms with van der Waals surface area (Å²) in [6.45, 7) is 2.74. The van der Waals surface area contributed by atoms with E-state index in [1.807, 2.05) is 43.1 Å². The van der Waals surface area contributed by atoms with E-state index in [1.165, 1.54) is 0 Å². The molecule has 3 aromatic heterocycles. The van der Waals surface area contributed by atoms with Crippen molar-refractivity contribution >= 4 is 11.7 Å². The highest BCUT2D eigenvalue weighted by Gasteiger charge is 2.13. The normalized spacial score (nSPS) is 10.8. The molecule has 0 aromatic carbocycles. The Kier molecular flexibility index (Phi) is 5.15. The number of nitrogens with zero attached hydrogens (tertiary/aromatic N) is 4. The van der Waals surface area contributed by atoms with E-state index in [2.05, 4.69) is 25.5 Å². The van der Waals surface area contributed by atoms with Crippen LogP contribution < -0.4 is 5.32 Å². The van der Waals surface area contributed by atoms with Gasteiger partial charge in [0.05, 0.1) is 18.4 Å². The standard InChI is InChI=1S/C18H20N6O/c1-13-5-3-7-16(21-13)22-17(25)12-24(2)11-15-10-20-23-18(15)14-6-4-8-19-9-14/h3-10H,11-12H2,1-2H3,(H,20,23)(H,21,22,25). The zero-order valence-electron chi connectivity index (χ0n) is 14.2. The smallest absolute Gasteiger partial charge is 0.239 e. The average molecular weight is 336 g/mol. The number of aromatic amines is 1. The highest BCUT2D eigenvalue weighted by molar-refractivity contribution is 5.91. The lowest BCUT2D eigenvalue weighted by Crippen LogP contribution is -2.30. The quantitative estimate of drug-likeness (QED) is 0.721. The molecule has 0 radical (unpaired) electrons. The summed E-state index contributed by atoms with van der Waals surface area (Å²) in [6.07, 6.45) is 5.29. The Morgan fingerprint density at radius 1 is 1.24 bits per heavy atom. The third-order valence-electron chi connectivity index (χ3n) is 3.68. The Bertz CT molecular complexity index is 846. The number of anilines is 1. The van der Waals surface area contributed by atoms with Crippen LogP contribution in [-0.2, 0) is 11.3 Å². The number of hydrogen-bond acceptors (Lipinski definition) is 5. The molecule has 0 spiro atoms. The van der Waals surface area contributed by atoms with Crippen LogP contribution in [0.1, 0.15) is 11.3 Å². The Hall–Kier alpha value is -3.06. The van der Waals surface area contributed by atoms with E-state index in [4.69, 9.17) is 0 Å². The van der Waals surface area contributed by atoms with Crippen molar-refractivity contribution in [2.45, 2.75) is 13.5 Å². The van der Waals surface area contributed by atoms with Crippen LogP contribution in [0.2, 0.25) is 0 Å². The third-order valence-corrected chi connectivity index (χ3v) is 3.68. The molecule has 3 aromatic rings. The SMILES string of the molecule is Cc1cccc(NC(=O)CN(C)Cc2cn[nH]c2-c2cccnc2)n1. The molecule has 0 aliphatic heterocycles. The predicted molar refractivity (Wildman–Crippen MR) is 95.8 cm³/mol. The van der Waals surface area contributed by atoms with Crippen LogP contribution >= 0.6 is 0 Å². The summed E-state index contributed by atoms with van der Waals surface area (Å²) < 4.78 is 0. The van der Waals surface area contributed by atoms with Crippen molar-refractivity contribution in [1.82, 2.24) is 25.1 Å². The van der Waals surface area contributed by atoms with Crippen molar-refractivity contribution in [3.8, 4) is 11.3 Å². The van der Waals surface area contributed by atoms with Gasteiger partial charge in [0.15, 0.2) is 0 Å². The monoisotopic (exact) mass is 336 g/mol. The number of nitrogens with one attached hydrogen (secondary N) is 2. The lowest BCUT2D eigenvalue weighted by atomic mass is 10.1. The molecular formula is C18H20N6O. The molecule has 0 saturated heterocycles. The fraction of sp³-hybridized carbons (Fsp3) is 0.222. The van der Waals surface area contributed by atoms with E-state index < -0.39 is 0 Å². The summed E-state index contributed by atoms with van der Waals surface area (Å²) in [6, 6.07) is 9.39. The van der Waals surface area contributed by atoms with Crippen LogP contribution in [0.4, 0.5) is 5.82 Å². The molecule has 25 heavy (non-hydrogen) atoms. The van der Waals surface area contributed by atoms with E-state index in [0.717, 1.165) is 22.5 Å². The summed E-state index contributed by atoms with van der Waals surface area (Å²) in [7, 11) is 1.89. The maximum atomic E-state index is 12.2. The molecule has 1 amide bonds. The van der Waals surface area contributed by atoms with Gasteiger partial charge in [-0.15, -0.1) is 0 Å². The number of amides is 1. The van der Waals surface area contributed by atoms with Crippen molar-refractivity contribution in [1.29, 1.82) is 0 Å². The highest BCUT2D eigenvalue weighted by atomic mass is 16.2. The molecule has 2 N–H and O–H groups in total. The first-order chi connectivity index (χ1) is 12.1. The van der Waals surface area contributed by atoms with Gasteiger partial charge in [-0.1, -0.05) is 6.07 Å². The Morgan fingerprint density at radius 3 is 2.88 bits per heavy atom. The zero-order valence-corrected chi connectivity index (χ0v) is 14.2. The fourth-order valence-electron chi connectivity index (χ4n) is 2.58. The molecule has 0 saturated carbocycles. The van der Waals surface area contributed by atoms with Crippen LogP contribution in [0.25, 0.3) is 11.3 Å². The summed E-state index contributed by atoms with van der Waals surface area (Å²) >= 11 is 0. The van der Waals surface area contributed by atoms with Gasteiger partial charge >= 0.3 is 0 Å². The van der Waals surface area contributed by atoms with Crippen molar-refractivity contribution < 1.29 is 4.79 Å². The van der Waals surface area contributed by atoms with Crippen LogP contribution in [0.3, 0.4) is 0 Å². The zero-order chi connectivity index (χ0) is 17.6. The van der Waals surface area contributed by atoms with E-state index >= 15 is 0 Å². The van der Waals surface area contributed by atoms with Gasteiger partial charge in [0.1, 0.15) is 5.82 Å². The molecule has 0 fully saturated rings. The molecule has 128 valence electrons.